The van der Waals surface area contributed by atoms with Crippen molar-refractivity contribution in [3.05, 3.63) is 105 Å². The Morgan fingerprint density at radius 2 is 1.79 bits per heavy atom. The molecule has 7 atom stereocenters. The van der Waals surface area contributed by atoms with E-state index in [1.807, 2.05) is 61.3 Å². The summed E-state index contributed by atoms with van der Waals surface area (Å²) in [7, 11) is 3.81. The molecule has 4 heterocycles. The van der Waals surface area contributed by atoms with Crippen LogP contribution in [0.3, 0.4) is 0 Å². The Balaban J connectivity index is 0.745. The molecule has 81 heavy (non-hydrogen) atoms. The molecule has 436 valence electrons. The van der Waals surface area contributed by atoms with Crippen molar-refractivity contribution >= 4 is 63.2 Å². The van der Waals surface area contributed by atoms with Crippen LogP contribution < -0.4 is 26.0 Å². The van der Waals surface area contributed by atoms with Crippen LogP contribution >= 0.6 is 11.3 Å². The number of aromatic nitrogens is 2. The number of nitrogens with zero attached hydrogens (tertiary/aromatic N) is 5. The number of nitrogens with two attached hydrogens (primary N) is 1. The Hall–Kier alpha value is -6.26. The predicted molar refractivity (Wildman–Crippen MR) is 313 cm³/mol. The van der Waals surface area contributed by atoms with Gasteiger partial charge in [-0.3, -0.25) is 20.0 Å². The summed E-state index contributed by atoms with van der Waals surface area (Å²) in [6.07, 6.45) is 10.3. The van der Waals surface area contributed by atoms with Crippen LogP contribution in [0.1, 0.15) is 133 Å². The number of carboxylic acids is 2. The first kappa shape index (κ1) is 59.4. The molecule has 3 fully saturated rings. The van der Waals surface area contributed by atoms with Gasteiger partial charge in [-0.15, -0.1) is 0 Å². The number of carbonyl (C=O) groups is 3. The van der Waals surface area contributed by atoms with Gasteiger partial charge in [-0.2, -0.15) is 0 Å². The molecule has 2 aromatic carbocycles. The number of hydrogen-bond acceptors (Lipinski definition) is 17. The minimum Gasteiger partial charge on any atom is -0.479 e. The number of aryl methyl sites for hydroxylation is 1. The lowest BCUT2D eigenvalue weighted by Crippen LogP contribution is -2.55. The number of fused-ring (bicyclic) bond motifs is 4. The van der Waals surface area contributed by atoms with Gasteiger partial charge in [0, 0.05) is 81.2 Å². The molecule has 20 heteroatoms. The fourth-order valence-corrected chi connectivity index (χ4v) is 14.4. The van der Waals surface area contributed by atoms with Gasteiger partial charge in [0.05, 0.1) is 61.0 Å². The van der Waals surface area contributed by atoms with Gasteiger partial charge in [-0.05, 0) is 135 Å². The normalized spacial score (nSPS) is 25.5. The molecule has 0 spiro atoms. The van der Waals surface area contributed by atoms with E-state index < -0.39 is 30.4 Å². The number of benzene rings is 2. The summed E-state index contributed by atoms with van der Waals surface area (Å²) in [5.41, 5.74) is 12.6. The zero-order valence-corrected chi connectivity index (χ0v) is 48.4. The molecular weight excluding hydrogens is 1050 g/mol. The summed E-state index contributed by atoms with van der Waals surface area (Å²) in [6, 6.07) is 15.1. The minimum atomic E-state index is -1.17. The molecule has 3 aliphatic carbocycles. The van der Waals surface area contributed by atoms with Gasteiger partial charge >= 0.3 is 11.9 Å². The molecule has 1 saturated heterocycles. The Morgan fingerprint density at radius 3 is 2.56 bits per heavy atom. The Morgan fingerprint density at radius 1 is 0.988 bits per heavy atom. The van der Waals surface area contributed by atoms with E-state index >= 15 is 0 Å². The molecule has 2 bridgehead atoms. The van der Waals surface area contributed by atoms with Gasteiger partial charge < -0.3 is 55.0 Å². The number of aliphatic hydroxyl groups excluding tert-OH is 1. The maximum Gasteiger partial charge on any atom is 0.355 e. The number of thiazole rings is 1. The molecule has 4 aromatic rings. The molecule has 1 amide bonds. The van der Waals surface area contributed by atoms with E-state index in [2.05, 4.69) is 53.4 Å². The van der Waals surface area contributed by atoms with Gasteiger partial charge in [0.25, 0.3) is 5.91 Å². The lowest BCUT2D eigenvalue weighted by molar-refractivity contribution is -0.195. The maximum absolute atomic E-state index is 13.7. The molecule has 7 unspecified atom stereocenters. The van der Waals surface area contributed by atoms with Crippen LogP contribution in [0.2, 0.25) is 0 Å². The highest BCUT2D eigenvalue weighted by Crippen LogP contribution is 2.60. The lowest BCUT2D eigenvalue weighted by atomic mass is 9.51. The highest BCUT2D eigenvalue weighted by molar-refractivity contribution is 7.16. The number of carboxylic acid groups (broad SMARTS) is 2. The quantitative estimate of drug-likeness (QED) is 0.0283. The largest absolute Gasteiger partial charge is 0.479 e. The molecule has 2 saturated carbocycles. The molecule has 2 aromatic heterocycles. The standard InChI is InChI=1S/C61H80N8O11S/c1-38-29-59(3)34-60(4,36-61(30-38,35-59)78-25-24-77-23-22-76-21-20-68(6)32-40-14-16-49(48(26-40)63-5)79-53-28-42(70)27-50(80-53)56(72)73)37-64-39(2)45(31-62)43-15-17-52(66-54(43)57(74)75)69-19-18-41-10-9-11-44(46(41)33-69)55(71)67-58-65-47-12-7-8-13-51(47)81-58/h8-11,13-17,26,31,38,42,50,53,63,70H,7,12,18-25,27-30,32-37,62H2,1-6H3,(H,72,73)(H,74,75)(H,65,67,71). The van der Waals surface area contributed by atoms with Crippen LogP contribution in [0.25, 0.3) is 11.6 Å². The van der Waals surface area contributed by atoms with Crippen molar-refractivity contribution in [3.63, 3.8) is 0 Å². The van der Waals surface area contributed by atoms with Crippen molar-refractivity contribution in [2.45, 2.75) is 129 Å². The van der Waals surface area contributed by atoms with Crippen molar-refractivity contribution in [3.8, 4) is 5.75 Å². The number of aliphatic hydroxyl groups is 1. The first-order chi connectivity index (χ1) is 38.8. The number of aliphatic imine (C=N–C) groups is 1. The average molecular weight is 1130 g/mol. The highest BCUT2D eigenvalue weighted by Gasteiger charge is 2.55. The van der Waals surface area contributed by atoms with Crippen molar-refractivity contribution in [2.75, 3.05) is 82.3 Å². The van der Waals surface area contributed by atoms with Crippen LogP contribution in [-0.2, 0) is 49.7 Å². The van der Waals surface area contributed by atoms with E-state index in [4.69, 9.17) is 39.4 Å². The average Bonchev–Trinajstić information content (AvgIpc) is 4.04. The van der Waals surface area contributed by atoms with Gasteiger partial charge in [0.15, 0.2) is 16.9 Å². The van der Waals surface area contributed by atoms with Gasteiger partial charge in [-0.1, -0.05) is 56.4 Å². The fraction of sp³-hybridized carbons (Fsp3) is 0.541. The summed E-state index contributed by atoms with van der Waals surface area (Å²) in [5.74, 6) is -1.00. The van der Waals surface area contributed by atoms with Crippen LogP contribution in [0.4, 0.5) is 16.6 Å². The van der Waals surface area contributed by atoms with E-state index in [9.17, 15) is 29.7 Å². The lowest BCUT2D eigenvalue weighted by Gasteiger charge is -2.58. The molecular formula is C61H80N8O11S. The number of anilines is 3. The Bertz CT molecular complexity index is 3020. The van der Waals surface area contributed by atoms with Crippen molar-refractivity contribution in [1.29, 1.82) is 0 Å². The molecule has 2 aliphatic heterocycles. The zero-order valence-electron chi connectivity index (χ0n) is 47.6. The third-order valence-corrected chi connectivity index (χ3v) is 17.3. The second kappa shape index (κ2) is 25.9. The van der Waals surface area contributed by atoms with Crippen molar-refractivity contribution < 1.29 is 53.4 Å². The van der Waals surface area contributed by atoms with E-state index in [1.165, 1.54) is 17.5 Å². The Labute approximate surface area is 479 Å². The summed E-state index contributed by atoms with van der Waals surface area (Å²) in [4.78, 5) is 58.0. The number of allylic oxidation sites excluding steroid dienone is 2. The van der Waals surface area contributed by atoms with Crippen molar-refractivity contribution in [2.24, 2.45) is 27.5 Å². The van der Waals surface area contributed by atoms with E-state index in [0.29, 0.717) is 117 Å². The molecule has 5 aliphatic rings. The van der Waals surface area contributed by atoms with Crippen LogP contribution in [-0.4, -0.2) is 145 Å². The summed E-state index contributed by atoms with van der Waals surface area (Å²) in [5, 5.41) is 36.9. The number of pyridine rings is 1. The van der Waals surface area contributed by atoms with E-state index in [0.717, 1.165) is 77.9 Å². The van der Waals surface area contributed by atoms with E-state index in [1.54, 1.807) is 13.1 Å². The zero-order chi connectivity index (χ0) is 57.5. The Kier molecular flexibility index (Phi) is 19.0. The number of carbonyl (C=O) groups excluding carboxylic acids is 1. The summed E-state index contributed by atoms with van der Waals surface area (Å²) in [6.45, 7) is 14.1. The number of ether oxygens (including phenoxy) is 5. The molecule has 9 rings (SSSR count). The highest BCUT2D eigenvalue weighted by atomic mass is 32.1. The van der Waals surface area contributed by atoms with Gasteiger partial charge in [0.2, 0.25) is 6.29 Å². The molecule has 7 N–H and O–H groups in total. The van der Waals surface area contributed by atoms with Gasteiger partial charge in [-0.25, -0.2) is 19.6 Å². The second-order valence-electron chi connectivity index (χ2n) is 23.6. The molecule has 0 radical (unpaired) electrons. The number of rotatable bonds is 24. The molecule has 19 nitrogen and oxygen atoms in total. The number of nitrogens with one attached hydrogen (secondary N) is 2. The topological polar surface area (TPSA) is 253 Å². The predicted octanol–water partition coefficient (Wildman–Crippen LogP) is 8.69. The monoisotopic (exact) mass is 1130 g/mol. The summed E-state index contributed by atoms with van der Waals surface area (Å²) < 4.78 is 30.4. The van der Waals surface area contributed by atoms with Crippen LogP contribution in [0, 0.1) is 16.7 Å². The van der Waals surface area contributed by atoms with E-state index in [-0.39, 0.29) is 40.9 Å². The number of likely N-dealkylation sites (N-methyl/N-ethyl adjacent to an activating group) is 1. The van der Waals surface area contributed by atoms with Crippen LogP contribution in [0.15, 0.2) is 65.8 Å². The minimum absolute atomic E-state index is 0.0296. The smallest absolute Gasteiger partial charge is 0.355 e. The number of aromatic carboxylic acids is 1. The number of aliphatic carboxylic acids is 1. The fourth-order valence-electron chi connectivity index (χ4n) is 13.4. The SMILES string of the molecule is CNc1cc(CN(C)CCOCCOCCOC23CC(C)CC(C)(CC(C)(CN=C(C)C(=CN)c4ccc(N5CCc6cccc(C(=O)Nc7nc8c(s7)C=CCC8)c6C5)nc4C(=O)O)C2)C3)ccc1OC1CC(O)CC(C(=O)O)O1. The number of hydrogen-bond donors (Lipinski definition) is 6. The van der Waals surface area contributed by atoms with Crippen LogP contribution in [0.5, 0.6) is 5.75 Å². The first-order valence-electron chi connectivity index (χ1n) is 28.4. The van der Waals surface area contributed by atoms with Crippen molar-refractivity contribution in [1.82, 2.24) is 14.9 Å². The maximum atomic E-state index is 13.7. The number of amides is 1. The summed E-state index contributed by atoms with van der Waals surface area (Å²) >= 11 is 1.47. The first-order valence-corrected chi connectivity index (χ1v) is 29.2. The second-order valence-corrected chi connectivity index (χ2v) is 24.6. The third-order valence-electron chi connectivity index (χ3n) is 16.3. The van der Waals surface area contributed by atoms with Gasteiger partial charge in [0.1, 0.15) is 11.6 Å². The third kappa shape index (κ3) is 14.7.